The molecular weight excluding hydrogens is 406 g/mol. The van der Waals surface area contributed by atoms with Crippen molar-refractivity contribution in [2.45, 2.75) is 64.5 Å². The van der Waals surface area contributed by atoms with Gasteiger partial charge in [0, 0.05) is 25.9 Å². The highest BCUT2D eigenvalue weighted by atomic mass is 16.6. The Labute approximate surface area is 191 Å². The molecule has 0 aliphatic carbocycles. The number of rotatable bonds is 5. The molecule has 0 saturated carbocycles. The quantitative estimate of drug-likeness (QED) is 0.608. The van der Waals surface area contributed by atoms with E-state index in [1.807, 2.05) is 56.3 Å². The summed E-state index contributed by atoms with van der Waals surface area (Å²) in [6, 6.07) is 9.22. The van der Waals surface area contributed by atoms with Gasteiger partial charge in [-0.3, -0.25) is 9.59 Å². The minimum Gasteiger partial charge on any atom is -0.446 e. The standard InChI is InChI=1S/C25H37N3O4/c1-18(2)16-22-24(30)27-15-14-20(23(29)26-3)12-8-5-9-13-21(32-25(31)28-22)17-19-10-6-4-7-11-19/h4-8,10-11,18,20-22H,9,12-17H2,1-3H3,(H,26,29)(H,27,30)(H,28,31)/b8-5+/t20?,21?,22-/m0/s1. The van der Waals surface area contributed by atoms with Gasteiger partial charge in [-0.05, 0) is 43.6 Å². The topological polar surface area (TPSA) is 96.5 Å². The SMILES string of the molecule is CNC(=O)C1C/C=C/CCC(Cc2ccccc2)OC(=O)N[C@@H](CC(C)C)C(=O)NCC1. The minimum atomic E-state index is -0.679. The highest BCUT2D eigenvalue weighted by molar-refractivity contribution is 5.85. The highest BCUT2D eigenvalue weighted by Crippen LogP contribution is 2.15. The molecule has 1 heterocycles. The van der Waals surface area contributed by atoms with Crippen molar-refractivity contribution in [3.05, 3.63) is 48.0 Å². The van der Waals surface area contributed by atoms with E-state index in [1.165, 1.54) is 0 Å². The number of cyclic esters (lactones) is 1. The number of hydrogen-bond donors (Lipinski definition) is 3. The van der Waals surface area contributed by atoms with E-state index in [2.05, 4.69) is 16.0 Å². The molecule has 7 heteroatoms. The summed E-state index contributed by atoms with van der Waals surface area (Å²) in [7, 11) is 1.62. The number of carbonyl (C=O) groups is 3. The van der Waals surface area contributed by atoms with E-state index in [4.69, 9.17) is 4.74 Å². The van der Waals surface area contributed by atoms with E-state index in [-0.39, 0.29) is 29.8 Å². The second-order valence-electron chi connectivity index (χ2n) is 8.72. The molecule has 0 fully saturated rings. The molecule has 1 aliphatic rings. The molecule has 2 unspecified atom stereocenters. The molecule has 3 atom stereocenters. The molecule has 1 aromatic carbocycles. The predicted octanol–water partition coefficient (Wildman–Crippen LogP) is 3.35. The highest BCUT2D eigenvalue weighted by Gasteiger charge is 2.25. The Bertz CT molecular complexity index is 764. The van der Waals surface area contributed by atoms with Gasteiger partial charge in [0.15, 0.2) is 0 Å². The number of alkyl carbamates (subject to hydrolysis) is 1. The monoisotopic (exact) mass is 443 g/mol. The first kappa shape index (κ1) is 25.4. The fraction of sp³-hybridized carbons (Fsp3) is 0.560. The Morgan fingerprint density at radius 2 is 1.91 bits per heavy atom. The van der Waals surface area contributed by atoms with Crippen molar-refractivity contribution in [2.24, 2.45) is 11.8 Å². The number of ether oxygens (including phenoxy) is 1. The van der Waals surface area contributed by atoms with Crippen molar-refractivity contribution in [2.75, 3.05) is 13.6 Å². The second-order valence-corrected chi connectivity index (χ2v) is 8.72. The smallest absolute Gasteiger partial charge is 0.408 e. The van der Waals surface area contributed by atoms with E-state index in [0.717, 1.165) is 12.0 Å². The first-order valence-corrected chi connectivity index (χ1v) is 11.5. The van der Waals surface area contributed by atoms with Crippen LogP contribution in [-0.4, -0.2) is 43.6 Å². The molecule has 176 valence electrons. The molecule has 0 aromatic heterocycles. The Morgan fingerprint density at radius 1 is 1.16 bits per heavy atom. The summed E-state index contributed by atoms with van der Waals surface area (Å²) >= 11 is 0. The van der Waals surface area contributed by atoms with Crippen LogP contribution < -0.4 is 16.0 Å². The van der Waals surface area contributed by atoms with Crippen LogP contribution >= 0.6 is 0 Å². The van der Waals surface area contributed by atoms with Gasteiger partial charge < -0.3 is 20.7 Å². The Hall–Kier alpha value is -2.83. The van der Waals surface area contributed by atoms with Crippen LogP contribution in [0.1, 0.15) is 51.5 Å². The zero-order chi connectivity index (χ0) is 23.3. The van der Waals surface area contributed by atoms with Crippen molar-refractivity contribution >= 4 is 17.9 Å². The van der Waals surface area contributed by atoms with Gasteiger partial charge in [-0.15, -0.1) is 0 Å². The molecule has 1 aromatic rings. The lowest BCUT2D eigenvalue weighted by Crippen LogP contribution is -2.48. The van der Waals surface area contributed by atoms with E-state index >= 15 is 0 Å². The van der Waals surface area contributed by atoms with Gasteiger partial charge in [0.2, 0.25) is 11.8 Å². The summed E-state index contributed by atoms with van der Waals surface area (Å²) in [5, 5.41) is 8.34. The third-order valence-electron chi connectivity index (χ3n) is 5.55. The predicted molar refractivity (Wildman–Crippen MR) is 125 cm³/mol. The Kier molecular flexibility index (Phi) is 10.8. The van der Waals surface area contributed by atoms with E-state index < -0.39 is 12.1 Å². The summed E-state index contributed by atoms with van der Waals surface area (Å²) in [5.41, 5.74) is 1.09. The average Bonchev–Trinajstić information content (AvgIpc) is 2.76. The Morgan fingerprint density at radius 3 is 2.59 bits per heavy atom. The van der Waals surface area contributed by atoms with Crippen molar-refractivity contribution in [3.63, 3.8) is 0 Å². The van der Waals surface area contributed by atoms with Crippen LogP contribution in [0.5, 0.6) is 0 Å². The van der Waals surface area contributed by atoms with Gasteiger partial charge in [-0.1, -0.05) is 56.3 Å². The molecule has 0 bridgehead atoms. The normalized spacial score (nSPS) is 24.3. The maximum atomic E-state index is 12.8. The molecule has 0 spiro atoms. The second kappa shape index (κ2) is 13.6. The lowest BCUT2D eigenvalue weighted by Gasteiger charge is -2.23. The van der Waals surface area contributed by atoms with Crippen LogP contribution in [-0.2, 0) is 20.7 Å². The van der Waals surface area contributed by atoms with Crippen LogP contribution in [0.15, 0.2) is 42.5 Å². The maximum absolute atomic E-state index is 12.8. The van der Waals surface area contributed by atoms with Crippen molar-refractivity contribution in [1.82, 2.24) is 16.0 Å². The van der Waals surface area contributed by atoms with E-state index in [9.17, 15) is 14.4 Å². The van der Waals surface area contributed by atoms with Gasteiger partial charge in [-0.25, -0.2) is 4.79 Å². The summed E-state index contributed by atoms with van der Waals surface area (Å²) in [6.07, 6.45) is 6.78. The maximum Gasteiger partial charge on any atom is 0.408 e. The lowest BCUT2D eigenvalue weighted by atomic mass is 9.99. The van der Waals surface area contributed by atoms with Gasteiger partial charge in [-0.2, -0.15) is 0 Å². The van der Waals surface area contributed by atoms with Crippen molar-refractivity contribution < 1.29 is 19.1 Å². The van der Waals surface area contributed by atoms with Gasteiger partial charge in [0.05, 0.1) is 0 Å². The van der Waals surface area contributed by atoms with Gasteiger partial charge >= 0.3 is 6.09 Å². The minimum absolute atomic E-state index is 0.0365. The molecule has 7 nitrogen and oxygen atoms in total. The van der Waals surface area contributed by atoms with Crippen molar-refractivity contribution in [3.8, 4) is 0 Å². The average molecular weight is 444 g/mol. The zero-order valence-corrected chi connectivity index (χ0v) is 19.4. The van der Waals surface area contributed by atoms with Crippen LogP contribution in [0.4, 0.5) is 4.79 Å². The van der Waals surface area contributed by atoms with Gasteiger partial charge in [0.25, 0.3) is 0 Å². The van der Waals surface area contributed by atoms with E-state index in [0.29, 0.717) is 38.6 Å². The molecule has 32 heavy (non-hydrogen) atoms. The van der Waals surface area contributed by atoms with Gasteiger partial charge in [0.1, 0.15) is 12.1 Å². The largest absolute Gasteiger partial charge is 0.446 e. The number of amides is 3. The first-order valence-electron chi connectivity index (χ1n) is 11.5. The molecular formula is C25H37N3O4. The van der Waals surface area contributed by atoms with E-state index in [1.54, 1.807) is 7.05 Å². The van der Waals surface area contributed by atoms with Crippen LogP contribution in [0, 0.1) is 11.8 Å². The number of carbonyl (C=O) groups excluding carboxylic acids is 3. The lowest BCUT2D eigenvalue weighted by molar-refractivity contribution is -0.126. The third-order valence-corrected chi connectivity index (χ3v) is 5.55. The zero-order valence-electron chi connectivity index (χ0n) is 19.4. The first-order chi connectivity index (χ1) is 15.4. The van der Waals surface area contributed by atoms with Crippen LogP contribution in [0.25, 0.3) is 0 Å². The van der Waals surface area contributed by atoms with Crippen LogP contribution in [0.2, 0.25) is 0 Å². The molecule has 1 aliphatic heterocycles. The van der Waals surface area contributed by atoms with Crippen LogP contribution in [0.3, 0.4) is 0 Å². The fourth-order valence-electron chi connectivity index (χ4n) is 3.82. The molecule has 0 saturated heterocycles. The molecule has 0 radical (unpaired) electrons. The summed E-state index contributed by atoms with van der Waals surface area (Å²) in [6.45, 7) is 4.37. The summed E-state index contributed by atoms with van der Waals surface area (Å²) in [5.74, 6) is -0.283. The molecule has 2 rings (SSSR count). The Balaban J connectivity index is 2.17. The number of benzene rings is 1. The number of nitrogens with one attached hydrogen (secondary N) is 3. The number of allylic oxidation sites excluding steroid dienone is 2. The summed E-state index contributed by atoms with van der Waals surface area (Å²) < 4.78 is 5.74. The third kappa shape index (κ3) is 9.12. The molecule has 3 N–H and O–H groups in total. The molecule has 3 amide bonds. The fourth-order valence-corrected chi connectivity index (χ4v) is 3.82. The number of hydrogen-bond acceptors (Lipinski definition) is 4. The van der Waals surface area contributed by atoms with Crippen molar-refractivity contribution in [1.29, 1.82) is 0 Å². The summed E-state index contributed by atoms with van der Waals surface area (Å²) in [4.78, 5) is 37.6.